The maximum absolute atomic E-state index is 7.25. The van der Waals surface area contributed by atoms with E-state index in [0.29, 0.717) is 0 Å². The van der Waals surface area contributed by atoms with Crippen LogP contribution in [0.5, 0.6) is 0 Å². The van der Waals surface area contributed by atoms with Crippen molar-refractivity contribution in [3.8, 4) is 0 Å². The van der Waals surface area contributed by atoms with Crippen molar-refractivity contribution >= 4 is 0 Å². The molecule has 2 aromatic carbocycles. The standard InChI is InChI=1S/2C5H5.2Fe.2NO/c2*1-2-4-5-3-1;;;2*1-2/h2*1-5H;;;;/q2*-1;;+5;2*-1. The number of nitroso groups, excluding NO2 is 2. The van der Waals surface area contributed by atoms with E-state index in [1.807, 2.05) is 60.7 Å². The van der Waals surface area contributed by atoms with Gasteiger partial charge < -0.3 is 21.0 Å². The van der Waals surface area contributed by atoms with Gasteiger partial charge in [-0.1, -0.05) is 0 Å². The Balaban J connectivity index is -0.0000000631. The van der Waals surface area contributed by atoms with Gasteiger partial charge in [-0.25, -0.2) is 24.3 Å². The molecule has 0 fully saturated rings. The molecule has 6 heteroatoms. The fourth-order valence-corrected chi connectivity index (χ4v) is 0.642. The first-order valence-electron chi connectivity index (χ1n) is 3.70. The van der Waals surface area contributed by atoms with Gasteiger partial charge in [0.15, 0.2) is 0 Å². The van der Waals surface area contributed by atoms with Gasteiger partial charge in [0.05, 0.1) is 0 Å². The molecule has 0 bridgehead atoms. The van der Waals surface area contributed by atoms with Gasteiger partial charge >= 0.3 is 17.1 Å². The Bertz CT molecular complexity index is 187. The second-order valence-electron chi connectivity index (χ2n) is 1.92. The van der Waals surface area contributed by atoms with Crippen LogP contribution in [0.25, 0.3) is 11.2 Å². The van der Waals surface area contributed by atoms with Crippen molar-refractivity contribution < 1.29 is 34.1 Å². The maximum atomic E-state index is 7.25. The van der Waals surface area contributed by atoms with Crippen LogP contribution in [0.15, 0.2) is 60.7 Å². The van der Waals surface area contributed by atoms with Gasteiger partial charge in [-0.2, -0.15) is 36.4 Å². The average Bonchev–Trinajstić information content (AvgIpc) is 3.01. The molecule has 1 radical (unpaired) electrons. The monoisotopic (exact) mass is 302 g/mol. The van der Waals surface area contributed by atoms with Crippen molar-refractivity contribution in [3.63, 3.8) is 0 Å². The Hall–Kier alpha value is -1.06. The molecule has 0 saturated heterocycles. The molecule has 87 valence electrons. The Morgan fingerprint density at radius 2 is 0.812 bits per heavy atom. The predicted molar refractivity (Wildman–Crippen MR) is 57.5 cm³/mol. The molecule has 0 atom stereocenters. The molecular formula is C10H10Fe2N2O2+. The minimum absolute atomic E-state index is 0. The van der Waals surface area contributed by atoms with E-state index >= 15 is 0 Å². The SMILES string of the molecule is [Fe+5].[Fe].[N-]=O.[N-]=O.c1cc[cH-]c1.c1cc[cH-]c1. The molecule has 0 N–H and O–H groups in total. The van der Waals surface area contributed by atoms with Crippen LogP contribution in [0.1, 0.15) is 0 Å². The van der Waals surface area contributed by atoms with Gasteiger partial charge in [-0.3, -0.25) is 0 Å². The van der Waals surface area contributed by atoms with E-state index in [1.165, 1.54) is 0 Å². The Morgan fingerprint density at radius 1 is 0.625 bits per heavy atom. The molecule has 0 spiro atoms. The summed E-state index contributed by atoms with van der Waals surface area (Å²) in [6.45, 7) is 0. The van der Waals surface area contributed by atoms with Gasteiger partial charge in [-0.05, 0) is 0 Å². The fourth-order valence-electron chi connectivity index (χ4n) is 0.642. The van der Waals surface area contributed by atoms with Crippen LogP contribution in [0.4, 0.5) is 0 Å². The third-order valence-electron chi connectivity index (χ3n) is 1.11. The zero-order chi connectivity index (χ0) is 11.1. The summed E-state index contributed by atoms with van der Waals surface area (Å²) in [7, 11) is 0. The fraction of sp³-hybridized carbons (Fsp3) is 0. The molecule has 0 aliphatic rings. The first-order valence-corrected chi connectivity index (χ1v) is 3.70. The number of nitrogens with zero attached hydrogens (tertiary/aromatic N) is 2. The molecule has 4 nitrogen and oxygen atoms in total. The van der Waals surface area contributed by atoms with E-state index in [-0.39, 0.29) is 34.1 Å². The van der Waals surface area contributed by atoms with E-state index < -0.39 is 0 Å². The summed E-state index contributed by atoms with van der Waals surface area (Å²) in [4.78, 5) is 14.5. The summed E-state index contributed by atoms with van der Waals surface area (Å²) in [5, 5.41) is 0. The Morgan fingerprint density at radius 3 is 0.875 bits per heavy atom. The van der Waals surface area contributed by atoms with Crippen molar-refractivity contribution in [3.05, 3.63) is 81.7 Å². The molecule has 0 unspecified atom stereocenters. The molecule has 0 amide bonds. The summed E-state index contributed by atoms with van der Waals surface area (Å²) < 4.78 is 0. The summed E-state index contributed by atoms with van der Waals surface area (Å²) in [5.41, 5.74) is 11.5. The normalized spacial score (nSPS) is 5.50. The largest absolute Gasteiger partial charge is 5.00 e. The number of hydrogen-bond acceptors (Lipinski definition) is 2. The third-order valence-corrected chi connectivity index (χ3v) is 1.11. The third kappa shape index (κ3) is 23.1. The molecule has 0 aliphatic carbocycles. The van der Waals surface area contributed by atoms with E-state index in [2.05, 4.69) is 0 Å². The molecular weight excluding hydrogens is 292 g/mol. The zero-order valence-corrected chi connectivity index (χ0v) is 10.4. The number of hydrogen-bond donors (Lipinski definition) is 0. The topological polar surface area (TPSA) is 78.7 Å². The van der Waals surface area contributed by atoms with E-state index in [1.54, 1.807) is 0 Å². The van der Waals surface area contributed by atoms with Crippen LogP contribution in [0, 0.1) is 9.81 Å². The van der Waals surface area contributed by atoms with E-state index in [9.17, 15) is 0 Å². The van der Waals surface area contributed by atoms with Crippen LogP contribution >= 0.6 is 0 Å². The second-order valence-corrected chi connectivity index (χ2v) is 1.92. The smallest absolute Gasteiger partial charge is 0.577 e. The molecule has 2 aromatic rings. The molecule has 0 aliphatic heterocycles. The van der Waals surface area contributed by atoms with Crippen LogP contribution < -0.4 is 0 Å². The zero-order valence-electron chi connectivity index (χ0n) is 8.19. The Labute approximate surface area is 116 Å². The first kappa shape index (κ1) is 24.3. The quantitative estimate of drug-likeness (QED) is 0.552. The van der Waals surface area contributed by atoms with Crippen molar-refractivity contribution in [2.75, 3.05) is 0 Å². The first-order chi connectivity index (χ1) is 7.00. The van der Waals surface area contributed by atoms with Gasteiger partial charge in [0, 0.05) is 17.1 Å². The van der Waals surface area contributed by atoms with Crippen molar-refractivity contribution in [1.82, 2.24) is 0 Å². The number of rotatable bonds is 0. The average molecular weight is 302 g/mol. The molecule has 0 aromatic heterocycles. The van der Waals surface area contributed by atoms with E-state index in [0.717, 1.165) is 0 Å². The van der Waals surface area contributed by atoms with Crippen LogP contribution in [-0.4, -0.2) is 0 Å². The minimum atomic E-state index is 0. The van der Waals surface area contributed by atoms with Crippen molar-refractivity contribution in [2.45, 2.75) is 0 Å². The van der Waals surface area contributed by atoms with Gasteiger partial charge in [0.1, 0.15) is 0 Å². The summed E-state index contributed by atoms with van der Waals surface area (Å²) in [5.74, 6) is 0. The van der Waals surface area contributed by atoms with Crippen molar-refractivity contribution in [1.29, 1.82) is 0 Å². The van der Waals surface area contributed by atoms with Crippen LogP contribution in [-0.2, 0) is 34.1 Å². The van der Waals surface area contributed by atoms with Gasteiger partial charge in [-0.15, -0.1) is 0 Å². The van der Waals surface area contributed by atoms with Gasteiger partial charge in [0.25, 0.3) is 0 Å². The van der Waals surface area contributed by atoms with Crippen LogP contribution in [0.2, 0.25) is 0 Å². The minimum Gasteiger partial charge on any atom is -0.577 e. The molecule has 16 heavy (non-hydrogen) atoms. The predicted octanol–water partition coefficient (Wildman–Crippen LogP) is 3.45. The molecule has 0 heterocycles. The maximum Gasteiger partial charge on any atom is 5.00 e. The van der Waals surface area contributed by atoms with E-state index in [4.69, 9.17) is 21.0 Å². The van der Waals surface area contributed by atoms with Crippen molar-refractivity contribution in [2.24, 2.45) is 0 Å². The molecule has 2 rings (SSSR count). The van der Waals surface area contributed by atoms with Gasteiger partial charge in [0.2, 0.25) is 0 Å². The van der Waals surface area contributed by atoms with Crippen LogP contribution in [0.3, 0.4) is 0 Å². The Kier molecular flexibility index (Phi) is 44.3. The summed E-state index contributed by atoms with van der Waals surface area (Å²) >= 11 is 0. The summed E-state index contributed by atoms with van der Waals surface area (Å²) in [6, 6.07) is 20.0. The second kappa shape index (κ2) is 29.2. The molecule has 0 saturated carbocycles. The summed E-state index contributed by atoms with van der Waals surface area (Å²) in [6.07, 6.45) is 0.